The molecule has 2 aromatic rings. The predicted molar refractivity (Wildman–Crippen MR) is 101 cm³/mol. The molecule has 0 heterocycles. The van der Waals surface area contributed by atoms with Crippen LogP contribution in [0.2, 0.25) is 0 Å². The van der Waals surface area contributed by atoms with Gasteiger partial charge in [0.2, 0.25) is 0 Å². The number of carbonyl (C=O) groups excluding carboxylic acids is 1. The lowest BCUT2D eigenvalue weighted by Crippen LogP contribution is -2.37. The van der Waals surface area contributed by atoms with Crippen molar-refractivity contribution in [3.05, 3.63) is 53.1 Å². The van der Waals surface area contributed by atoms with Gasteiger partial charge in [0.1, 0.15) is 10.6 Å². The summed E-state index contributed by atoms with van der Waals surface area (Å²) in [6.45, 7) is -1.03. The lowest BCUT2D eigenvalue weighted by Gasteiger charge is -2.41. The Balaban J connectivity index is 1.93. The van der Waals surface area contributed by atoms with E-state index in [4.69, 9.17) is 4.74 Å². The number of nitrogens with one attached hydrogen (secondary N) is 2. The third kappa shape index (κ3) is 4.45. The summed E-state index contributed by atoms with van der Waals surface area (Å²) in [5.74, 6) is -0.398. The zero-order chi connectivity index (χ0) is 22.4. The van der Waals surface area contributed by atoms with Crippen LogP contribution in [-0.4, -0.2) is 29.5 Å². The Kier molecular flexibility index (Phi) is 4.96. The van der Waals surface area contributed by atoms with Crippen molar-refractivity contribution in [1.82, 2.24) is 5.32 Å². The third-order valence-corrected chi connectivity index (χ3v) is 5.82. The number of urea groups is 1. The Bertz CT molecular complexity index is 1000. The molecule has 1 aliphatic carbocycles. The first-order valence-electron chi connectivity index (χ1n) is 8.62. The van der Waals surface area contributed by atoms with Crippen LogP contribution in [-0.2, 0) is 13.0 Å². The fourth-order valence-corrected chi connectivity index (χ4v) is 4.09. The van der Waals surface area contributed by atoms with Crippen molar-refractivity contribution in [2.75, 3.05) is 12.4 Å². The molecule has 30 heavy (non-hydrogen) atoms. The fraction of sp³-hybridized carbons (Fsp3) is 0.278. The molecule has 2 atom stereocenters. The molecular weight excluding hydrogens is 435 g/mol. The summed E-state index contributed by atoms with van der Waals surface area (Å²) in [5, 5.41) is 24.0. The van der Waals surface area contributed by atoms with Gasteiger partial charge in [-0.2, -0.15) is 0 Å². The smallest absolute Gasteiger partial charge is 0.319 e. The number of carbonyl (C=O) groups is 1. The molecule has 0 aromatic heterocycles. The zero-order valence-electron chi connectivity index (χ0n) is 15.5. The molecule has 0 radical (unpaired) electrons. The van der Waals surface area contributed by atoms with Gasteiger partial charge in [-0.1, -0.05) is 43.7 Å². The maximum absolute atomic E-state index is 13.3. The second-order valence-corrected chi connectivity index (χ2v) is 9.25. The first kappa shape index (κ1) is 22.1. The number of hydrogen-bond acceptors (Lipinski definition) is 4. The van der Waals surface area contributed by atoms with Gasteiger partial charge in [0.25, 0.3) is 0 Å². The van der Waals surface area contributed by atoms with Crippen LogP contribution in [0.15, 0.2) is 41.3 Å². The molecule has 0 bridgehead atoms. The van der Waals surface area contributed by atoms with E-state index in [0.29, 0.717) is 5.56 Å². The molecule has 1 aliphatic rings. The first-order chi connectivity index (χ1) is 13.7. The van der Waals surface area contributed by atoms with Gasteiger partial charge >= 0.3 is 16.3 Å². The number of methoxy groups -OCH3 is 1. The van der Waals surface area contributed by atoms with E-state index < -0.39 is 56.9 Å². The Labute approximate surface area is 168 Å². The van der Waals surface area contributed by atoms with Crippen molar-refractivity contribution < 1.29 is 39.2 Å². The number of aliphatic hydroxyl groups is 2. The Morgan fingerprint density at radius 1 is 1.20 bits per heavy atom. The molecule has 2 unspecified atom stereocenters. The highest BCUT2D eigenvalue weighted by Crippen LogP contribution is 3.02. The van der Waals surface area contributed by atoms with E-state index in [1.807, 2.05) is 5.32 Å². The second kappa shape index (κ2) is 6.72. The summed E-state index contributed by atoms with van der Waals surface area (Å²) in [6, 6.07) is 5.13. The van der Waals surface area contributed by atoms with Crippen LogP contribution in [0.4, 0.5) is 29.9 Å². The van der Waals surface area contributed by atoms with Crippen LogP contribution in [0.25, 0.3) is 0 Å². The monoisotopic (exact) mass is 454 g/mol. The number of anilines is 1. The molecule has 12 heteroatoms. The number of fused-ring (bicyclic) bond motifs is 1. The largest absolute Gasteiger partial charge is 0.494 e. The van der Waals surface area contributed by atoms with Crippen LogP contribution in [0.5, 0.6) is 5.75 Å². The zero-order valence-corrected chi connectivity index (χ0v) is 16.4. The van der Waals surface area contributed by atoms with E-state index in [1.54, 1.807) is 24.3 Å². The van der Waals surface area contributed by atoms with Gasteiger partial charge in [-0.05, 0) is 23.3 Å². The highest BCUT2D eigenvalue weighted by atomic mass is 32.5. The fourth-order valence-electron chi connectivity index (χ4n) is 3.38. The molecule has 6 nitrogen and oxygen atoms in total. The van der Waals surface area contributed by atoms with Gasteiger partial charge in [-0.25, -0.2) is 4.79 Å². The third-order valence-electron chi connectivity index (χ3n) is 4.70. The molecule has 0 fully saturated rings. The first-order valence-corrected chi connectivity index (χ1v) is 10.6. The normalized spacial score (nSPS) is 20.7. The number of rotatable bonds is 5. The van der Waals surface area contributed by atoms with E-state index in [-0.39, 0.29) is 18.6 Å². The van der Waals surface area contributed by atoms with Crippen LogP contribution in [0.3, 0.4) is 0 Å². The van der Waals surface area contributed by atoms with Crippen molar-refractivity contribution in [2.45, 2.75) is 30.1 Å². The number of halogens is 5. The number of aliphatic hydroxyl groups excluding tert-OH is 2. The number of hydrogen-bond donors (Lipinski definition) is 4. The van der Waals surface area contributed by atoms with Crippen molar-refractivity contribution in [3.63, 3.8) is 0 Å². The van der Waals surface area contributed by atoms with Crippen LogP contribution in [0, 0.1) is 0 Å². The van der Waals surface area contributed by atoms with Crippen LogP contribution >= 0.6 is 10.2 Å². The van der Waals surface area contributed by atoms with E-state index in [1.165, 1.54) is 0 Å². The summed E-state index contributed by atoms with van der Waals surface area (Å²) in [7, 11) is -9.04. The quantitative estimate of drug-likeness (QED) is 0.496. The van der Waals surface area contributed by atoms with Gasteiger partial charge in [0.05, 0.1) is 31.5 Å². The Morgan fingerprint density at radius 2 is 1.87 bits per heavy atom. The summed E-state index contributed by atoms with van der Waals surface area (Å²) in [4.78, 5) is 10.1. The SMILES string of the molecule is COc1c(CO)cc(S(F)(F)(F)(F)F)cc1NC(=O)NC1c2ccccc2CC1O. The van der Waals surface area contributed by atoms with Crippen LogP contribution < -0.4 is 15.4 Å². The number of amides is 2. The molecule has 0 aliphatic heterocycles. The average molecular weight is 454 g/mol. The second-order valence-electron chi connectivity index (χ2n) is 6.84. The van der Waals surface area contributed by atoms with Gasteiger partial charge in [0.15, 0.2) is 0 Å². The highest BCUT2D eigenvalue weighted by Gasteiger charge is 2.65. The maximum atomic E-state index is 13.3. The van der Waals surface area contributed by atoms with E-state index in [9.17, 15) is 34.4 Å². The Morgan fingerprint density at radius 3 is 2.47 bits per heavy atom. The number of benzene rings is 2. The lowest BCUT2D eigenvalue weighted by atomic mass is 10.1. The van der Waals surface area contributed by atoms with Gasteiger partial charge < -0.3 is 25.6 Å². The maximum Gasteiger partial charge on any atom is 0.319 e. The topological polar surface area (TPSA) is 90.8 Å². The molecule has 166 valence electrons. The summed E-state index contributed by atoms with van der Waals surface area (Å²) < 4.78 is 71.3. The molecule has 0 spiro atoms. The minimum absolute atomic E-state index is 0.0537. The van der Waals surface area contributed by atoms with Crippen molar-refractivity contribution in [3.8, 4) is 5.75 Å². The van der Waals surface area contributed by atoms with Crippen molar-refractivity contribution in [2.24, 2.45) is 0 Å². The molecule has 3 rings (SSSR count). The predicted octanol–water partition coefficient (Wildman–Crippen LogP) is 4.62. The summed E-state index contributed by atoms with van der Waals surface area (Å²) >= 11 is 0. The van der Waals surface area contributed by atoms with E-state index in [2.05, 4.69) is 5.32 Å². The minimum Gasteiger partial charge on any atom is -0.494 e. The molecule has 0 saturated heterocycles. The molecule has 2 amide bonds. The number of ether oxygens (including phenoxy) is 1. The van der Waals surface area contributed by atoms with Gasteiger partial charge in [0, 0.05) is 12.0 Å². The molecule has 0 saturated carbocycles. The van der Waals surface area contributed by atoms with Crippen LogP contribution in [0.1, 0.15) is 22.7 Å². The van der Waals surface area contributed by atoms with E-state index in [0.717, 1.165) is 12.7 Å². The van der Waals surface area contributed by atoms with E-state index >= 15 is 0 Å². The standard InChI is InChI=1S/C18H19F5N2O4S/c1-29-17-11(9-26)6-12(30(19,20,21,22)23)8-14(17)24-18(28)25-16-13-5-3-2-4-10(13)7-15(16)27/h2-6,8,15-16,26-27H,7,9H2,1H3,(H2,24,25,28). The molecule has 4 N–H and O–H groups in total. The lowest BCUT2D eigenvalue weighted by molar-refractivity contribution is 0.144. The summed E-state index contributed by atoms with van der Waals surface area (Å²) in [6.07, 6.45) is -0.710. The molecular formula is C18H19F5N2O4S. The van der Waals surface area contributed by atoms with Gasteiger partial charge in [-0.3, -0.25) is 0 Å². The minimum atomic E-state index is -10.1. The van der Waals surface area contributed by atoms with Crippen molar-refractivity contribution >= 4 is 21.9 Å². The Hall–Kier alpha value is -2.57. The molecule has 2 aromatic carbocycles. The average Bonchev–Trinajstić information content (AvgIpc) is 2.94. The van der Waals surface area contributed by atoms with Gasteiger partial charge in [-0.15, -0.1) is 0 Å². The van der Waals surface area contributed by atoms with Crippen molar-refractivity contribution in [1.29, 1.82) is 0 Å². The highest BCUT2D eigenvalue weighted by molar-refractivity contribution is 8.45. The summed E-state index contributed by atoms with van der Waals surface area (Å²) in [5.41, 5.74) is 0.137.